The van der Waals surface area contributed by atoms with Gasteiger partial charge in [-0.1, -0.05) is 44.2 Å². The minimum Gasteiger partial charge on any atom is -0.462 e. The Hall–Kier alpha value is -3.71. The number of nitrogens with one attached hydrogen (secondary N) is 2. The van der Waals surface area contributed by atoms with E-state index < -0.39 is 0 Å². The molecule has 6 nitrogen and oxygen atoms in total. The fraction of sp³-hybridized carbons (Fsp3) is 0.192. The highest BCUT2D eigenvalue weighted by Gasteiger charge is 2.22. The smallest absolute Gasteiger partial charge is 0.268 e. The molecule has 0 bridgehead atoms. The van der Waals surface area contributed by atoms with Gasteiger partial charge in [-0.2, -0.15) is 0 Å². The number of benzene rings is 2. The number of furan rings is 1. The van der Waals surface area contributed by atoms with Gasteiger partial charge in [0.2, 0.25) is 0 Å². The van der Waals surface area contributed by atoms with E-state index in [4.69, 9.17) is 9.40 Å². The van der Waals surface area contributed by atoms with Gasteiger partial charge in [0.15, 0.2) is 10.8 Å². The molecule has 0 aliphatic carbocycles. The zero-order chi connectivity index (χ0) is 23.4. The normalized spacial score (nSPS) is 10.9. The largest absolute Gasteiger partial charge is 0.462 e. The van der Waals surface area contributed by atoms with Gasteiger partial charge >= 0.3 is 0 Å². The van der Waals surface area contributed by atoms with Gasteiger partial charge < -0.3 is 15.1 Å². The SMILES string of the molecule is Cc1cc(C(=O)NCC(C)C)ccc1NC(=O)c1sc(-c2ccco2)nc1-c1ccccc1. The number of nitrogens with zero attached hydrogens (tertiary/aromatic N) is 1. The highest BCUT2D eigenvalue weighted by molar-refractivity contribution is 7.17. The minimum atomic E-state index is -0.260. The van der Waals surface area contributed by atoms with Gasteiger partial charge in [-0.05, 0) is 48.7 Å². The molecule has 2 aromatic carbocycles. The van der Waals surface area contributed by atoms with Gasteiger partial charge in [-0.3, -0.25) is 9.59 Å². The molecule has 2 amide bonds. The number of aryl methyl sites for hydroxylation is 1. The summed E-state index contributed by atoms with van der Waals surface area (Å²) in [5.74, 6) is 0.605. The molecule has 4 rings (SSSR count). The zero-order valence-electron chi connectivity index (χ0n) is 18.7. The fourth-order valence-electron chi connectivity index (χ4n) is 3.29. The summed E-state index contributed by atoms with van der Waals surface area (Å²) in [6, 6.07) is 18.5. The number of carbonyl (C=O) groups is 2. The van der Waals surface area contributed by atoms with E-state index in [1.165, 1.54) is 11.3 Å². The van der Waals surface area contributed by atoms with Gasteiger partial charge in [-0.25, -0.2) is 4.98 Å². The number of hydrogen-bond acceptors (Lipinski definition) is 5. The first-order chi connectivity index (χ1) is 15.9. The lowest BCUT2D eigenvalue weighted by molar-refractivity contribution is 0.0948. The Kier molecular flexibility index (Phi) is 6.70. The minimum absolute atomic E-state index is 0.124. The monoisotopic (exact) mass is 459 g/mol. The molecule has 0 atom stereocenters. The third kappa shape index (κ3) is 5.21. The maximum absolute atomic E-state index is 13.3. The molecule has 0 saturated heterocycles. The summed E-state index contributed by atoms with van der Waals surface area (Å²) in [6.45, 7) is 6.57. The molecule has 2 N–H and O–H groups in total. The van der Waals surface area contributed by atoms with E-state index in [0.29, 0.717) is 45.1 Å². The Balaban J connectivity index is 1.60. The summed E-state index contributed by atoms with van der Waals surface area (Å²) < 4.78 is 5.49. The van der Waals surface area contributed by atoms with Crippen LogP contribution in [-0.2, 0) is 0 Å². The average Bonchev–Trinajstić information content (AvgIpc) is 3.49. The van der Waals surface area contributed by atoms with Gasteiger partial charge in [-0.15, -0.1) is 11.3 Å². The Morgan fingerprint density at radius 1 is 1.03 bits per heavy atom. The van der Waals surface area contributed by atoms with Crippen LogP contribution in [0.2, 0.25) is 0 Å². The lowest BCUT2D eigenvalue weighted by Crippen LogP contribution is -2.27. The van der Waals surface area contributed by atoms with Crippen LogP contribution in [0.15, 0.2) is 71.3 Å². The molecule has 4 aromatic rings. The molecule has 0 aliphatic heterocycles. The van der Waals surface area contributed by atoms with Crippen molar-refractivity contribution in [2.45, 2.75) is 20.8 Å². The van der Waals surface area contributed by atoms with Crippen molar-refractivity contribution in [1.29, 1.82) is 0 Å². The van der Waals surface area contributed by atoms with E-state index in [-0.39, 0.29) is 11.8 Å². The molecule has 0 fully saturated rings. The first kappa shape index (κ1) is 22.5. The van der Waals surface area contributed by atoms with Crippen LogP contribution >= 0.6 is 11.3 Å². The summed E-state index contributed by atoms with van der Waals surface area (Å²) >= 11 is 1.28. The standard InChI is InChI=1S/C26H25N3O3S/c1-16(2)15-27-24(30)19-11-12-20(17(3)14-19)28-25(31)23-22(18-8-5-4-6-9-18)29-26(33-23)21-10-7-13-32-21/h4-14,16H,15H2,1-3H3,(H,27,30)(H,28,31). The molecule has 2 heterocycles. The quantitative estimate of drug-likeness (QED) is 0.354. The second kappa shape index (κ2) is 9.83. The molecular weight excluding hydrogens is 434 g/mol. The van der Waals surface area contributed by atoms with Crippen LogP contribution in [0.4, 0.5) is 5.69 Å². The number of carbonyl (C=O) groups excluding carboxylic acids is 2. The Morgan fingerprint density at radius 2 is 1.82 bits per heavy atom. The summed E-state index contributed by atoms with van der Waals surface area (Å²) in [7, 11) is 0. The third-order valence-corrected chi connectivity index (χ3v) is 6.09. The molecule has 168 valence electrons. The molecule has 7 heteroatoms. The summed E-state index contributed by atoms with van der Waals surface area (Å²) in [4.78, 5) is 30.8. The van der Waals surface area contributed by atoms with Crippen molar-refractivity contribution < 1.29 is 14.0 Å². The number of anilines is 1. The molecule has 0 spiro atoms. The fourth-order valence-corrected chi connectivity index (χ4v) is 4.25. The summed E-state index contributed by atoms with van der Waals surface area (Å²) in [5.41, 5.74) is 3.47. The first-order valence-corrected chi connectivity index (χ1v) is 11.5. The summed E-state index contributed by atoms with van der Waals surface area (Å²) in [5, 5.41) is 6.53. The number of aromatic nitrogens is 1. The van der Waals surface area contributed by atoms with Crippen LogP contribution in [0.5, 0.6) is 0 Å². The predicted molar refractivity (Wildman–Crippen MR) is 132 cm³/mol. The van der Waals surface area contributed by atoms with Crippen LogP contribution in [0.3, 0.4) is 0 Å². The van der Waals surface area contributed by atoms with E-state index in [1.54, 1.807) is 30.5 Å². The molecule has 0 radical (unpaired) electrons. The maximum Gasteiger partial charge on any atom is 0.268 e. The van der Waals surface area contributed by atoms with Gasteiger partial charge in [0.25, 0.3) is 11.8 Å². The Bertz CT molecular complexity index is 1260. The van der Waals surface area contributed by atoms with Crippen molar-refractivity contribution in [1.82, 2.24) is 10.3 Å². The maximum atomic E-state index is 13.3. The van der Waals surface area contributed by atoms with Crippen molar-refractivity contribution in [3.8, 4) is 22.0 Å². The number of amides is 2. The number of thiazole rings is 1. The third-order valence-electron chi connectivity index (χ3n) is 5.02. The van der Waals surface area contributed by atoms with Crippen LogP contribution in [0.1, 0.15) is 39.4 Å². The van der Waals surface area contributed by atoms with Crippen LogP contribution in [0.25, 0.3) is 22.0 Å². The molecule has 0 saturated carbocycles. The lowest BCUT2D eigenvalue weighted by atomic mass is 10.1. The molecule has 0 aliphatic rings. The number of rotatable bonds is 7. The van der Waals surface area contributed by atoms with Gasteiger partial charge in [0.05, 0.1) is 12.0 Å². The topological polar surface area (TPSA) is 84.2 Å². The van der Waals surface area contributed by atoms with Gasteiger partial charge in [0.1, 0.15) is 4.88 Å². The molecular formula is C26H25N3O3S. The first-order valence-electron chi connectivity index (χ1n) is 10.7. The van der Waals surface area contributed by atoms with Crippen molar-refractivity contribution in [2.75, 3.05) is 11.9 Å². The number of hydrogen-bond donors (Lipinski definition) is 2. The highest BCUT2D eigenvalue weighted by atomic mass is 32.1. The van der Waals surface area contributed by atoms with Crippen LogP contribution in [-0.4, -0.2) is 23.3 Å². The summed E-state index contributed by atoms with van der Waals surface area (Å²) in [6.07, 6.45) is 1.58. The second-order valence-electron chi connectivity index (χ2n) is 8.13. The van der Waals surface area contributed by atoms with Crippen molar-refractivity contribution >= 4 is 28.8 Å². The van der Waals surface area contributed by atoms with E-state index >= 15 is 0 Å². The molecule has 0 unspecified atom stereocenters. The average molecular weight is 460 g/mol. The molecule has 33 heavy (non-hydrogen) atoms. The van der Waals surface area contributed by atoms with Crippen molar-refractivity contribution in [3.05, 3.63) is 82.9 Å². The zero-order valence-corrected chi connectivity index (χ0v) is 19.5. The second-order valence-corrected chi connectivity index (χ2v) is 9.13. The van der Waals surface area contributed by atoms with Crippen molar-refractivity contribution in [3.63, 3.8) is 0 Å². The van der Waals surface area contributed by atoms with Crippen LogP contribution in [0, 0.1) is 12.8 Å². The molecule has 2 aromatic heterocycles. The Morgan fingerprint density at radius 3 is 2.48 bits per heavy atom. The predicted octanol–water partition coefficient (Wildman–Crippen LogP) is 6.02. The highest BCUT2D eigenvalue weighted by Crippen LogP contribution is 2.34. The van der Waals surface area contributed by atoms with Crippen LogP contribution < -0.4 is 10.6 Å². The van der Waals surface area contributed by atoms with E-state index in [2.05, 4.69) is 10.6 Å². The van der Waals surface area contributed by atoms with E-state index in [9.17, 15) is 9.59 Å². The van der Waals surface area contributed by atoms with E-state index in [0.717, 1.165) is 11.1 Å². The van der Waals surface area contributed by atoms with Crippen molar-refractivity contribution in [2.24, 2.45) is 5.92 Å². The Labute approximate surface area is 196 Å². The lowest BCUT2D eigenvalue weighted by Gasteiger charge is -2.11. The van der Waals surface area contributed by atoms with Gasteiger partial charge in [0, 0.05) is 23.4 Å². The van der Waals surface area contributed by atoms with E-state index in [1.807, 2.05) is 57.2 Å².